The molecule has 1 rings (SSSR count). The molecule has 0 spiro atoms. The minimum absolute atomic E-state index is 0.125. The molecule has 0 atom stereocenters. The highest BCUT2D eigenvalue weighted by atomic mass is 16.5. The number of guanidine groups is 1. The van der Waals surface area contributed by atoms with Crippen LogP contribution in [0.25, 0.3) is 0 Å². The normalized spacial score (nSPS) is 9.94. The van der Waals surface area contributed by atoms with Gasteiger partial charge in [0.25, 0.3) is 0 Å². The zero-order chi connectivity index (χ0) is 12.5. The summed E-state index contributed by atoms with van der Waals surface area (Å²) in [4.78, 5) is 3.87. The first kappa shape index (κ1) is 13.3. The lowest BCUT2D eigenvalue weighted by Crippen LogP contribution is -2.23. The second kappa shape index (κ2) is 7.51. The van der Waals surface area contributed by atoms with Gasteiger partial charge in [-0.2, -0.15) is 0 Å². The molecule has 1 aromatic rings. The van der Waals surface area contributed by atoms with E-state index in [0.29, 0.717) is 19.8 Å². The lowest BCUT2D eigenvalue weighted by Gasteiger charge is -2.04. The number of methoxy groups -OCH3 is 1. The van der Waals surface area contributed by atoms with Crippen molar-refractivity contribution in [3.05, 3.63) is 29.8 Å². The third-order valence-electron chi connectivity index (χ3n) is 2.17. The van der Waals surface area contributed by atoms with Crippen LogP contribution in [0.1, 0.15) is 12.0 Å². The van der Waals surface area contributed by atoms with E-state index in [1.165, 1.54) is 0 Å². The van der Waals surface area contributed by atoms with Gasteiger partial charge in [0, 0.05) is 13.2 Å². The highest BCUT2D eigenvalue weighted by Gasteiger charge is 1.94. The second-order valence-electron chi connectivity index (χ2n) is 3.56. The van der Waals surface area contributed by atoms with Gasteiger partial charge in [0.05, 0.1) is 13.7 Å². The minimum atomic E-state index is 0.125. The Hall–Kier alpha value is -1.75. The van der Waals surface area contributed by atoms with Crippen molar-refractivity contribution in [3.8, 4) is 5.75 Å². The fraction of sp³-hybridized carbons (Fsp3) is 0.417. The summed E-state index contributed by atoms with van der Waals surface area (Å²) >= 11 is 0. The number of aliphatic imine (C=N–C) groups is 1. The smallest absolute Gasteiger partial charge is 0.185 e. The Morgan fingerprint density at radius 1 is 1.24 bits per heavy atom. The Balaban J connectivity index is 2.15. The van der Waals surface area contributed by atoms with E-state index in [1.54, 1.807) is 7.11 Å². The predicted octanol–water partition coefficient (Wildman–Crippen LogP) is 0.875. The first-order valence-electron chi connectivity index (χ1n) is 5.48. The van der Waals surface area contributed by atoms with Crippen molar-refractivity contribution in [3.63, 3.8) is 0 Å². The van der Waals surface area contributed by atoms with Gasteiger partial charge in [-0.25, -0.2) is 0 Å². The lowest BCUT2D eigenvalue weighted by atomic mass is 10.2. The number of hydrogen-bond acceptors (Lipinski definition) is 3. The molecule has 0 aliphatic carbocycles. The maximum Gasteiger partial charge on any atom is 0.185 e. The van der Waals surface area contributed by atoms with Gasteiger partial charge in [0.1, 0.15) is 5.75 Å². The molecular formula is C12H19N3O2. The molecule has 5 heteroatoms. The van der Waals surface area contributed by atoms with Crippen LogP contribution >= 0.6 is 0 Å². The van der Waals surface area contributed by atoms with E-state index in [0.717, 1.165) is 17.7 Å². The van der Waals surface area contributed by atoms with Gasteiger partial charge in [-0.15, -0.1) is 0 Å². The quantitative estimate of drug-likeness (QED) is 0.419. The molecule has 0 heterocycles. The number of nitrogens with two attached hydrogens (primary N) is 2. The minimum Gasteiger partial charge on any atom is -0.497 e. The largest absolute Gasteiger partial charge is 0.497 e. The third kappa shape index (κ3) is 5.77. The predicted molar refractivity (Wildman–Crippen MR) is 67.9 cm³/mol. The van der Waals surface area contributed by atoms with E-state index in [-0.39, 0.29) is 5.96 Å². The van der Waals surface area contributed by atoms with Gasteiger partial charge < -0.3 is 20.9 Å². The van der Waals surface area contributed by atoms with Crippen LogP contribution in [0, 0.1) is 0 Å². The number of benzene rings is 1. The molecule has 0 radical (unpaired) electrons. The number of rotatable bonds is 7. The first-order chi connectivity index (χ1) is 8.22. The molecule has 0 aliphatic heterocycles. The van der Waals surface area contributed by atoms with Gasteiger partial charge in [0.15, 0.2) is 5.96 Å². The number of ether oxygens (including phenoxy) is 2. The van der Waals surface area contributed by atoms with Crippen molar-refractivity contribution in [1.82, 2.24) is 0 Å². The van der Waals surface area contributed by atoms with Gasteiger partial charge in [-0.05, 0) is 24.1 Å². The molecule has 0 bridgehead atoms. The van der Waals surface area contributed by atoms with Crippen molar-refractivity contribution in [2.24, 2.45) is 16.5 Å². The molecule has 5 nitrogen and oxygen atoms in total. The van der Waals surface area contributed by atoms with Crippen molar-refractivity contribution >= 4 is 5.96 Å². The molecule has 94 valence electrons. The Morgan fingerprint density at radius 3 is 2.53 bits per heavy atom. The molecule has 0 aliphatic rings. The average Bonchev–Trinajstić information content (AvgIpc) is 2.34. The van der Waals surface area contributed by atoms with Crippen LogP contribution in [-0.4, -0.2) is 26.2 Å². The van der Waals surface area contributed by atoms with Gasteiger partial charge in [-0.1, -0.05) is 12.1 Å². The van der Waals surface area contributed by atoms with Crippen LogP contribution in [0.5, 0.6) is 5.75 Å². The van der Waals surface area contributed by atoms with Crippen molar-refractivity contribution in [1.29, 1.82) is 0 Å². The van der Waals surface area contributed by atoms with Crippen molar-refractivity contribution in [2.45, 2.75) is 13.0 Å². The monoisotopic (exact) mass is 237 g/mol. The summed E-state index contributed by atoms with van der Waals surface area (Å²) in [5, 5.41) is 0. The molecule has 0 saturated heterocycles. The molecule has 17 heavy (non-hydrogen) atoms. The molecule has 0 amide bonds. The molecular weight excluding hydrogens is 218 g/mol. The van der Waals surface area contributed by atoms with E-state index >= 15 is 0 Å². The van der Waals surface area contributed by atoms with Crippen molar-refractivity contribution in [2.75, 3.05) is 20.3 Å². The van der Waals surface area contributed by atoms with E-state index in [1.807, 2.05) is 24.3 Å². The highest BCUT2D eigenvalue weighted by Crippen LogP contribution is 2.11. The summed E-state index contributed by atoms with van der Waals surface area (Å²) in [7, 11) is 1.65. The molecule has 0 unspecified atom stereocenters. The summed E-state index contributed by atoms with van der Waals surface area (Å²) in [5.74, 6) is 0.974. The lowest BCUT2D eigenvalue weighted by molar-refractivity contribution is 0.120. The summed E-state index contributed by atoms with van der Waals surface area (Å²) in [6, 6.07) is 7.79. The van der Waals surface area contributed by atoms with Crippen LogP contribution < -0.4 is 16.2 Å². The Bertz CT molecular complexity index is 345. The summed E-state index contributed by atoms with van der Waals surface area (Å²) < 4.78 is 10.6. The van der Waals surface area contributed by atoms with Crippen LogP contribution in [0.2, 0.25) is 0 Å². The Labute approximate surface area is 101 Å². The van der Waals surface area contributed by atoms with Crippen LogP contribution in [0.3, 0.4) is 0 Å². The van der Waals surface area contributed by atoms with Crippen LogP contribution in [0.4, 0.5) is 0 Å². The van der Waals surface area contributed by atoms with E-state index < -0.39 is 0 Å². The van der Waals surface area contributed by atoms with E-state index in [4.69, 9.17) is 20.9 Å². The molecule has 0 aromatic heterocycles. The zero-order valence-electron chi connectivity index (χ0n) is 10.1. The fourth-order valence-corrected chi connectivity index (χ4v) is 1.29. The average molecular weight is 237 g/mol. The number of hydrogen-bond donors (Lipinski definition) is 2. The van der Waals surface area contributed by atoms with Gasteiger partial charge in [0.2, 0.25) is 0 Å². The van der Waals surface area contributed by atoms with Gasteiger partial charge in [-0.3, -0.25) is 4.99 Å². The van der Waals surface area contributed by atoms with Crippen LogP contribution in [-0.2, 0) is 11.3 Å². The molecule has 0 saturated carbocycles. The van der Waals surface area contributed by atoms with E-state index in [2.05, 4.69) is 4.99 Å². The molecule has 0 fully saturated rings. The Morgan fingerprint density at radius 2 is 1.94 bits per heavy atom. The van der Waals surface area contributed by atoms with Gasteiger partial charge >= 0.3 is 0 Å². The number of nitrogens with zero attached hydrogens (tertiary/aromatic N) is 1. The fourth-order valence-electron chi connectivity index (χ4n) is 1.29. The topological polar surface area (TPSA) is 82.9 Å². The SMILES string of the molecule is COc1ccc(COCCCN=C(N)N)cc1. The summed E-state index contributed by atoms with van der Waals surface area (Å²) in [6.45, 7) is 1.83. The third-order valence-corrected chi connectivity index (χ3v) is 2.17. The summed E-state index contributed by atoms with van der Waals surface area (Å²) in [6.07, 6.45) is 0.814. The standard InChI is InChI=1S/C12H19N3O2/c1-16-11-5-3-10(4-6-11)9-17-8-2-7-15-12(13)14/h3-6H,2,7-9H2,1H3,(H4,13,14,15). The highest BCUT2D eigenvalue weighted by molar-refractivity contribution is 5.75. The molecule has 4 N–H and O–H groups in total. The zero-order valence-corrected chi connectivity index (χ0v) is 10.1. The van der Waals surface area contributed by atoms with E-state index in [9.17, 15) is 0 Å². The van der Waals surface area contributed by atoms with Crippen LogP contribution in [0.15, 0.2) is 29.3 Å². The molecule has 1 aromatic carbocycles. The second-order valence-corrected chi connectivity index (χ2v) is 3.56. The maximum atomic E-state index is 5.48. The van der Waals surface area contributed by atoms with Crippen molar-refractivity contribution < 1.29 is 9.47 Å². The first-order valence-corrected chi connectivity index (χ1v) is 5.48. The maximum absolute atomic E-state index is 5.48. The summed E-state index contributed by atoms with van der Waals surface area (Å²) in [5.41, 5.74) is 11.5. The Kier molecular flexibility index (Phi) is 5.88.